The van der Waals surface area contributed by atoms with Crippen molar-refractivity contribution in [1.29, 1.82) is 0 Å². The molecule has 2 aromatic carbocycles. The van der Waals surface area contributed by atoms with Crippen LogP contribution >= 0.6 is 0 Å². The van der Waals surface area contributed by atoms with Gasteiger partial charge in [-0.2, -0.15) is 0 Å². The first-order chi connectivity index (χ1) is 16.0. The summed E-state index contributed by atoms with van der Waals surface area (Å²) in [7, 11) is 1.22. The van der Waals surface area contributed by atoms with E-state index in [1.54, 1.807) is 12.1 Å². The second-order valence-electron chi connectivity index (χ2n) is 7.93. The lowest BCUT2D eigenvalue weighted by Crippen LogP contribution is -2.56. The monoisotopic (exact) mass is 447 g/mol. The first-order valence-electron chi connectivity index (χ1n) is 10.7. The molecule has 7 heteroatoms. The summed E-state index contributed by atoms with van der Waals surface area (Å²) in [5, 5.41) is 13.8. The number of ether oxygens (including phenoxy) is 3. The summed E-state index contributed by atoms with van der Waals surface area (Å²) in [6, 6.07) is 18.6. The molecule has 0 radical (unpaired) electrons. The number of carbonyl (C=O) groups excluding carboxylic acids is 2. The summed E-state index contributed by atoms with van der Waals surface area (Å²) in [6.07, 6.45) is 3.04. The molecule has 2 N–H and O–H groups in total. The van der Waals surface area contributed by atoms with Gasteiger partial charge in [0.05, 0.1) is 37.0 Å². The summed E-state index contributed by atoms with van der Waals surface area (Å²) >= 11 is 0. The topological polar surface area (TPSA) is 94.1 Å². The molecule has 7 nitrogen and oxygen atoms in total. The van der Waals surface area contributed by atoms with Crippen LogP contribution in [-0.4, -0.2) is 54.6 Å². The second-order valence-corrected chi connectivity index (χ2v) is 7.93. The van der Waals surface area contributed by atoms with E-state index in [9.17, 15) is 14.7 Å². The Hall–Kier alpha value is -3.60. The number of amides is 1. The molecule has 4 unspecified atom stereocenters. The lowest BCUT2D eigenvalue weighted by molar-refractivity contribution is -0.145. The number of benzene rings is 2. The Kier molecular flexibility index (Phi) is 6.50. The number of hydrogen-bond acceptors (Lipinski definition) is 6. The maximum Gasteiger partial charge on any atom is 0.337 e. The van der Waals surface area contributed by atoms with Crippen molar-refractivity contribution in [2.75, 3.05) is 13.7 Å². The second kappa shape index (κ2) is 9.49. The van der Waals surface area contributed by atoms with Gasteiger partial charge in [0.25, 0.3) is 5.91 Å². The molecule has 0 spiro atoms. The molecule has 0 saturated carbocycles. The Balaban J connectivity index is 1.83. The lowest BCUT2D eigenvalue weighted by Gasteiger charge is -2.38. The Labute approximate surface area is 192 Å². The molecule has 33 heavy (non-hydrogen) atoms. The van der Waals surface area contributed by atoms with E-state index >= 15 is 0 Å². The average Bonchev–Trinajstić information content (AvgIpc) is 3.36. The summed E-state index contributed by atoms with van der Waals surface area (Å²) in [5.74, 6) is 1.61. The van der Waals surface area contributed by atoms with Gasteiger partial charge in [0.15, 0.2) is 5.60 Å². The molecule has 1 saturated heterocycles. The highest BCUT2D eigenvalue weighted by Gasteiger charge is 2.66. The van der Waals surface area contributed by atoms with Gasteiger partial charge in [0.2, 0.25) is 0 Å². The average molecular weight is 447 g/mol. The maximum atomic E-state index is 13.0. The molecule has 2 aliphatic heterocycles. The van der Waals surface area contributed by atoms with Crippen molar-refractivity contribution in [3.63, 3.8) is 0 Å². The quantitative estimate of drug-likeness (QED) is 0.474. The standard InChI is InChI=1S/C26H25NO6/c1-3-14-27-24(29)22-19-16-20(28)26(33-19,23(22)25(30)31-2)21(15-17-10-6-4-7-11-17)32-18-12-8-5-9-13-18/h1,4-13,19-21,28H,14-16H2,2H3,(H,27,29). The SMILES string of the molecule is C#CCNC(=O)C1=C(C(=O)OC)C2(C(Cc3ccccc3)Oc3ccccc3)OC1CC2O. The molecule has 0 aliphatic carbocycles. The van der Waals surface area contributed by atoms with Crippen LogP contribution in [0.25, 0.3) is 0 Å². The van der Waals surface area contributed by atoms with Crippen LogP contribution in [0.5, 0.6) is 5.75 Å². The predicted molar refractivity (Wildman–Crippen MR) is 120 cm³/mol. The predicted octanol–water partition coefficient (Wildman–Crippen LogP) is 1.80. The van der Waals surface area contributed by atoms with E-state index in [0.717, 1.165) is 5.56 Å². The van der Waals surface area contributed by atoms with E-state index in [-0.39, 0.29) is 24.1 Å². The number of carbonyl (C=O) groups is 2. The van der Waals surface area contributed by atoms with Crippen molar-refractivity contribution >= 4 is 11.9 Å². The zero-order valence-corrected chi connectivity index (χ0v) is 18.2. The Morgan fingerprint density at radius 1 is 1.21 bits per heavy atom. The summed E-state index contributed by atoms with van der Waals surface area (Å²) < 4.78 is 17.6. The van der Waals surface area contributed by atoms with Crippen LogP contribution in [0.2, 0.25) is 0 Å². The van der Waals surface area contributed by atoms with Crippen molar-refractivity contribution in [3.8, 4) is 18.1 Å². The van der Waals surface area contributed by atoms with Crippen LogP contribution in [-0.2, 0) is 25.5 Å². The van der Waals surface area contributed by atoms with Crippen LogP contribution in [0.1, 0.15) is 12.0 Å². The zero-order valence-electron chi connectivity index (χ0n) is 18.2. The number of rotatable bonds is 8. The molecule has 2 heterocycles. The van der Waals surface area contributed by atoms with Crippen LogP contribution in [0.15, 0.2) is 71.8 Å². The van der Waals surface area contributed by atoms with Gasteiger partial charge in [-0.1, -0.05) is 54.5 Å². The number of fused-ring (bicyclic) bond motifs is 2. The highest BCUT2D eigenvalue weighted by molar-refractivity contribution is 6.06. The molecule has 1 fully saturated rings. The first-order valence-corrected chi connectivity index (χ1v) is 10.7. The summed E-state index contributed by atoms with van der Waals surface area (Å²) in [4.78, 5) is 25.9. The van der Waals surface area contributed by atoms with Crippen LogP contribution in [0.3, 0.4) is 0 Å². The van der Waals surface area contributed by atoms with Gasteiger partial charge in [-0.05, 0) is 17.7 Å². The molecular weight excluding hydrogens is 422 g/mol. The van der Waals surface area contributed by atoms with Gasteiger partial charge in [0, 0.05) is 12.8 Å². The van der Waals surface area contributed by atoms with Gasteiger partial charge in [0.1, 0.15) is 11.9 Å². The van der Waals surface area contributed by atoms with Gasteiger partial charge in [-0.15, -0.1) is 6.42 Å². The fraction of sp³-hybridized carbons (Fsp3) is 0.308. The van der Waals surface area contributed by atoms with Crippen LogP contribution in [0.4, 0.5) is 0 Å². The molecule has 4 rings (SSSR count). The number of nitrogens with one attached hydrogen (secondary N) is 1. The van der Waals surface area contributed by atoms with Gasteiger partial charge < -0.3 is 24.6 Å². The fourth-order valence-corrected chi connectivity index (χ4v) is 4.60. The minimum absolute atomic E-state index is 0.00693. The van der Waals surface area contributed by atoms with E-state index in [1.807, 2.05) is 48.5 Å². The van der Waals surface area contributed by atoms with Gasteiger partial charge in [-0.25, -0.2) is 4.79 Å². The van der Waals surface area contributed by atoms with Crippen molar-refractivity contribution < 1.29 is 28.9 Å². The van der Waals surface area contributed by atoms with Gasteiger partial charge in [-0.3, -0.25) is 4.79 Å². The van der Waals surface area contributed by atoms with E-state index in [0.29, 0.717) is 12.2 Å². The first kappa shape index (κ1) is 22.6. The van der Waals surface area contributed by atoms with Crippen molar-refractivity contribution in [2.24, 2.45) is 0 Å². The Morgan fingerprint density at radius 2 is 1.88 bits per heavy atom. The van der Waals surface area contributed by atoms with Crippen molar-refractivity contribution in [1.82, 2.24) is 5.32 Å². The summed E-state index contributed by atoms with van der Waals surface area (Å²) in [6.45, 7) is -0.00693. The Morgan fingerprint density at radius 3 is 2.52 bits per heavy atom. The number of aliphatic hydroxyl groups is 1. The highest BCUT2D eigenvalue weighted by Crippen LogP contribution is 2.51. The molecule has 170 valence electrons. The largest absolute Gasteiger partial charge is 0.487 e. The van der Waals surface area contributed by atoms with E-state index in [4.69, 9.17) is 20.6 Å². The van der Waals surface area contributed by atoms with Gasteiger partial charge >= 0.3 is 5.97 Å². The molecular formula is C26H25NO6. The number of aliphatic hydroxyl groups excluding tert-OH is 1. The highest BCUT2D eigenvalue weighted by atomic mass is 16.6. The Bertz CT molecular complexity index is 1050. The van der Waals surface area contributed by atoms with E-state index in [2.05, 4.69) is 11.2 Å². The van der Waals surface area contributed by atoms with Crippen LogP contribution < -0.4 is 10.1 Å². The fourth-order valence-electron chi connectivity index (χ4n) is 4.60. The number of hydrogen-bond donors (Lipinski definition) is 2. The number of methoxy groups -OCH3 is 1. The maximum absolute atomic E-state index is 13.0. The van der Waals surface area contributed by atoms with E-state index < -0.39 is 35.8 Å². The zero-order chi connectivity index (χ0) is 23.4. The van der Waals surface area contributed by atoms with Crippen molar-refractivity contribution in [2.45, 2.75) is 36.8 Å². The van der Waals surface area contributed by atoms with E-state index in [1.165, 1.54) is 7.11 Å². The molecule has 2 aliphatic rings. The minimum Gasteiger partial charge on any atom is -0.487 e. The minimum atomic E-state index is -1.59. The molecule has 1 amide bonds. The number of terminal acetylenes is 1. The smallest absolute Gasteiger partial charge is 0.337 e. The third kappa shape index (κ3) is 4.11. The lowest BCUT2D eigenvalue weighted by atomic mass is 9.74. The number of para-hydroxylation sites is 1. The van der Waals surface area contributed by atoms with Crippen molar-refractivity contribution in [3.05, 3.63) is 77.4 Å². The molecule has 4 atom stereocenters. The normalized spacial score (nSPS) is 24.2. The third-order valence-corrected chi connectivity index (χ3v) is 6.00. The van der Waals surface area contributed by atoms with Crippen LogP contribution in [0, 0.1) is 12.3 Å². The summed E-state index contributed by atoms with van der Waals surface area (Å²) in [5.41, 5.74) is -0.578. The molecule has 2 aromatic rings. The third-order valence-electron chi connectivity index (χ3n) is 6.00. The number of esters is 1. The molecule has 2 bridgehead atoms. The molecule has 0 aromatic heterocycles.